The van der Waals surface area contributed by atoms with E-state index in [2.05, 4.69) is 31.5 Å². The molecule has 2 rings (SSSR count). The molecule has 0 radical (unpaired) electrons. The number of carbonyl (C=O) groups excluding carboxylic acids is 1. The van der Waals surface area contributed by atoms with Crippen LogP contribution in [-0.2, 0) is 4.79 Å². The summed E-state index contributed by atoms with van der Waals surface area (Å²) in [5.41, 5.74) is 1.63. The van der Waals surface area contributed by atoms with Gasteiger partial charge in [0.2, 0.25) is 5.91 Å². The summed E-state index contributed by atoms with van der Waals surface area (Å²) in [5.74, 6) is 0.163. The van der Waals surface area contributed by atoms with E-state index >= 15 is 0 Å². The Balaban J connectivity index is 2.02. The Kier molecular flexibility index (Phi) is 4.12. The fourth-order valence-electron chi connectivity index (χ4n) is 1.97. The summed E-state index contributed by atoms with van der Waals surface area (Å²) in [7, 11) is 0. The molecule has 1 amide bonds. The van der Waals surface area contributed by atoms with Gasteiger partial charge in [-0.3, -0.25) is 4.79 Å². The van der Waals surface area contributed by atoms with Gasteiger partial charge < -0.3 is 10.6 Å². The topological polar surface area (TPSA) is 54.0 Å². The highest BCUT2D eigenvalue weighted by Crippen LogP contribution is 2.18. The average molecular weight is 298 g/mol. The van der Waals surface area contributed by atoms with E-state index in [1.165, 1.54) is 0 Å². The van der Waals surface area contributed by atoms with E-state index in [1.807, 2.05) is 19.1 Å². The largest absolute Gasteiger partial charge is 0.324 e. The molecule has 2 heterocycles. The minimum absolute atomic E-state index is 0.0757. The summed E-state index contributed by atoms with van der Waals surface area (Å²) in [6.45, 7) is 3.68. The standard InChI is InChI=1S/C12H16BrN3O/c1-8-10(4-5-11(13)15-8)16-12(17)9-3-2-6-14-7-9/h4-5,9,14H,2-3,6-7H2,1H3,(H,16,17)/t9-/m0/s1. The van der Waals surface area contributed by atoms with Gasteiger partial charge in [0.05, 0.1) is 17.3 Å². The molecule has 17 heavy (non-hydrogen) atoms. The first-order valence-electron chi connectivity index (χ1n) is 5.81. The molecule has 0 bridgehead atoms. The van der Waals surface area contributed by atoms with Gasteiger partial charge in [0.25, 0.3) is 0 Å². The van der Waals surface area contributed by atoms with Crippen LogP contribution in [0.5, 0.6) is 0 Å². The second kappa shape index (κ2) is 5.60. The lowest BCUT2D eigenvalue weighted by molar-refractivity contribution is -0.120. The first kappa shape index (κ1) is 12.5. The van der Waals surface area contributed by atoms with Gasteiger partial charge in [0.1, 0.15) is 4.60 Å². The first-order valence-corrected chi connectivity index (χ1v) is 6.61. The van der Waals surface area contributed by atoms with Crippen molar-refractivity contribution in [3.05, 3.63) is 22.4 Å². The van der Waals surface area contributed by atoms with Crippen molar-refractivity contribution in [3.8, 4) is 0 Å². The molecule has 1 fully saturated rings. The zero-order valence-corrected chi connectivity index (χ0v) is 11.4. The molecule has 0 spiro atoms. The molecule has 1 aromatic heterocycles. The number of piperidine rings is 1. The van der Waals surface area contributed by atoms with Crippen molar-refractivity contribution in [1.82, 2.24) is 10.3 Å². The van der Waals surface area contributed by atoms with Crippen LogP contribution in [0.4, 0.5) is 5.69 Å². The van der Waals surface area contributed by atoms with Gasteiger partial charge in [-0.2, -0.15) is 0 Å². The van der Waals surface area contributed by atoms with E-state index in [0.29, 0.717) is 0 Å². The van der Waals surface area contributed by atoms with E-state index in [9.17, 15) is 4.79 Å². The number of amides is 1. The zero-order chi connectivity index (χ0) is 12.3. The monoisotopic (exact) mass is 297 g/mol. The third kappa shape index (κ3) is 3.26. The summed E-state index contributed by atoms with van der Waals surface area (Å²) >= 11 is 3.31. The van der Waals surface area contributed by atoms with Gasteiger partial charge in [-0.05, 0) is 54.4 Å². The van der Waals surface area contributed by atoms with Crippen molar-refractivity contribution in [2.24, 2.45) is 5.92 Å². The van der Waals surface area contributed by atoms with Crippen LogP contribution in [0.15, 0.2) is 16.7 Å². The number of hydrogen-bond acceptors (Lipinski definition) is 3. The summed E-state index contributed by atoms with van der Waals surface area (Å²) in [6, 6.07) is 3.71. The number of hydrogen-bond donors (Lipinski definition) is 2. The predicted molar refractivity (Wildman–Crippen MR) is 70.9 cm³/mol. The molecule has 92 valence electrons. The minimum Gasteiger partial charge on any atom is -0.324 e. The lowest BCUT2D eigenvalue weighted by Gasteiger charge is -2.22. The van der Waals surface area contributed by atoms with Gasteiger partial charge in [-0.25, -0.2) is 4.98 Å². The third-order valence-electron chi connectivity index (χ3n) is 2.98. The number of nitrogens with one attached hydrogen (secondary N) is 2. The smallest absolute Gasteiger partial charge is 0.228 e. The molecule has 1 atom stereocenters. The van der Waals surface area contributed by atoms with Crippen LogP contribution in [0.1, 0.15) is 18.5 Å². The summed E-state index contributed by atoms with van der Waals surface area (Å²) in [6.07, 6.45) is 2.03. The third-order valence-corrected chi connectivity index (χ3v) is 3.42. The number of pyridine rings is 1. The second-order valence-corrected chi connectivity index (χ2v) is 5.11. The number of aromatic nitrogens is 1. The highest BCUT2D eigenvalue weighted by molar-refractivity contribution is 9.10. The molecular formula is C12H16BrN3O. The van der Waals surface area contributed by atoms with Gasteiger partial charge in [-0.1, -0.05) is 0 Å². The summed E-state index contributed by atoms with van der Waals surface area (Å²) < 4.78 is 0.785. The molecule has 0 aromatic carbocycles. The van der Waals surface area contributed by atoms with Crippen LogP contribution in [0, 0.1) is 12.8 Å². The Morgan fingerprint density at radius 2 is 2.41 bits per heavy atom. The first-order chi connectivity index (χ1) is 8.16. The second-order valence-electron chi connectivity index (χ2n) is 4.30. The van der Waals surface area contributed by atoms with Crippen molar-refractivity contribution in [2.75, 3.05) is 18.4 Å². The normalized spacial score (nSPS) is 20.0. The van der Waals surface area contributed by atoms with Gasteiger partial charge in [0, 0.05) is 6.54 Å². The quantitative estimate of drug-likeness (QED) is 0.822. The molecule has 0 aliphatic carbocycles. The van der Waals surface area contributed by atoms with Crippen LogP contribution in [-0.4, -0.2) is 24.0 Å². The molecule has 1 saturated heterocycles. The van der Waals surface area contributed by atoms with Crippen LogP contribution < -0.4 is 10.6 Å². The molecule has 5 heteroatoms. The lowest BCUT2D eigenvalue weighted by Crippen LogP contribution is -2.37. The maximum atomic E-state index is 12.0. The van der Waals surface area contributed by atoms with Gasteiger partial charge in [-0.15, -0.1) is 0 Å². The highest BCUT2D eigenvalue weighted by atomic mass is 79.9. The van der Waals surface area contributed by atoms with Crippen LogP contribution in [0.2, 0.25) is 0 Å². The van der Waals surface area contributed by atoms with Crippen LogP contribution >= 0.6 is 15.9 Å². The minimum atomic E-state index is 0.0757. The van der Waals surface area contributed by atoms with Crippen molar-refractivity contribution >= 4 is 27.5 Å². The molecule has 2 N–H and O–H groups in total. The van der Waals surface area contributed by atoms with E-state index in [-0.39, 0.29) is 11.8 Å². The number of carbonyl (C=O) groups is 1. The lowest BCUT2D eigenvalue weighted by atomic mass is 9.99. The Labute approximate surface area is 109 Å². The van der Waals surface area contributed by atoms with Crippen molar-refractivity contribution < 1.29 is 4.79 Å². The molecule has 1 aromatic rings. The van der Waals surface area contributed by atoms with Crippen molar-refractivity contribution in [2.45, 2.75) is 19.8 Å². The van der Waals surface area contributed by atoms with Gasteiger partial charge >= 0.3 is 0 Å². The molecule has 0 saturated carbocycles. The summed E-state index contributed by atoms with van der Waals surface area (Å²) in [5, 5.41) is 6.19. The SMILES string of the molecule is Cc1nc(Br)ccc1NC(=O)[C@H]1CCCNC1. The maximum absolute atomic E-state index is 12.0. The number of aryl methyl sites for hydroxylation is 1. The zero-order valence-electron chi connectivity index (χ0n) is 9.79. The van der Waals surface area contributed by atoms with E-state index in [0.717, 1.165) is 41.9 Å². The Bertz CT molecular complexity index is 416. The van der Waals surface area contributed by atoms with Crippen molar-refractivity contribution in [1.29, 1.82) is 0 Å². The van der Waals surface area contributed by atoms with Crippen molar-refractivity contribution in [3.63, 3.8) is 0 Å². The molecule has 4 nitrogen and oxygen atoms in total. The fraction of sp³-hybridized carbons (Fsp3) is 0.500. The predicted octanol–water partition coefficient (Wildman–Crippen LogP) is 2.09. The van der Waals surface area contributed by atoms with Crippen LogP contribution in [0.3, 0.4) is 0 Å². The molecule has 1 aliphatic heterocycles. The molecule has 1 aliphatic rings. The van der Waals surface area contributed by atoms with E-state index < -0.39 is 0 Å². The maximum Gasteiger partial charge on any atom is 0.228 e. The number of nitrogens with zero attached hydrogens (tertiary/aromatic N) is 1. The fourth-order valence-corrected chi connectivity index (χ4v) is 2.37. The van der Waals surface area contributed by atoms with Gasteiger partial charge in [0.15, 0.2) is 0 Å². The Morgan fingerprint density at radius 1 is 1.59 bits per heavy atom. The molecular weight excluding hydrogens is 282 g/mol. The average Bonchev–Trinajstić information content (AvgIpc) is 2.34. The van der Waals surface area contributed by atoms with Crippen LogP contribution in [0.25, 0.3) is 0 Å². The Morgan fingerprint density at radius 3 is 3.06 bits per heavy atom. The number of anilines is 1. The Hall–Kier alpha value is -0.940. The van der Waals surface area contributed by atoms with E-state index in [1.54, 1.807) is 0 Å². The number of halogens is 1. The number of rotatable bonds is 2. The summed E-state index contributed by atoms with van der Waals surface area (Å²) in [4.78, 5) is 16.3. The molecule has 0 unspecified atom stereocenters. The van der Waals surface area contributed by atoms with E-state index in [4.69, 9.17) is 0 Å². The highest BCUT2D eigenvalue weighted by Gasteiger charge is 2.21.